The van der Waals surface area contributed by atoms with E-state index in [9.17, 15) is 10.2 Å². The molecular weight excluding hydrogens is 322 g/mol. The van der Waals surface area contributed by atoms with Crippen molar-refractivity contribution in [3.05, 3.63) is 59.9 Å². The van der Waals surface area contributed by atoms with Crippen molar-refractivity contribution < 1.29 is 10.2 Å². The Morgan fingerprint density at radius 2 is 1.85 bits per heavy atom. The molecule has 1 aromatic carbocycles. The van der Waals surface area contributed by atoms with Crippen LogP contribution >= 0.6 is 0 Å². The zero-order valence-electron chi connectivity index (χ0n) is 15.5. The van der Waals surface area contributed by atoms with E-state index in [1.165, 1.54) is 30.4 Å². The first kappa shape index (κ1) is 17.5. The number of benzene rings is 1. The van der Waals surface area contributed by atoms with Gasteiger partial charge in [-0.15, -0.1) is 0 Å². The van der Waals surface area contributed by atoms with E-state index in [0.717, 1.165) is 25.2 Å². The fraction of sp³-hybridized carbons (Fsp3) is 0.522. The predicted molar refractivity (Wildman–Crippen MR) is 103 cm³/mol. The Morgan fingerprint density at radius 1 is 1.04 bits per heavy atom. The Hall–Kier alpha value is -1.87. The largest absolute Gasteiger partial charge is 0.508 e. The van der Waals surface area contributed by atoms with Gasteiger partial charge in [-0.1, -0.05) is 19.1 Å². The highest BCUT2D eigenvalue weighted by molar-refractivity contribution is 5.40. The van der Waals surface area contributed by atoms with Crippen LogP contribution in [0.15, 0.2) is 48.8 Å². The number of pyridine rings is 1. The maximum atomic E-state index is 10.4. The molecule has 5 atom stereocenters. The number of aliphatic hydroxyl groups is 1. The molecule has 1 unspecified atom stereocenters. The zero-order valence-corrected chi connectivity index (χ0v) is 15.5. The summed E-state index contributed by atoms with van der Waals surface area (Å²) in [6.45, 7) is 2.32. The molecular formula is C23H29NO2. The summed E-state index contributed by atoms with van der Waals surface area (Å²) in [7, 11) is 0. The smallest absolute Gasteiger partial charge is 0.115 e. The lowest BCUT2D eigenvalue weighted by Crippen LogP contribution is -2.43. The van der Waals surface area contributed by atoms with E-state index < -0.39 is 0 Å². The van der Waals surface area contributed by atoms with Gasteiger partial charge < -0.3 is 10.2 Å². The molecule has 26 heavy (non-hydrogen) atoms. The number of aromatic hydroxyl groups is 1. The number of hydrogen-bond donors (Lipinski definition) is 2. The van der Waals surface area contributed by atoms with Gasteiger partial charge in [0.2, 0.25) is 0 Å². The monoisotopic (exact) mass is 351 g/mol. The second-order valence-corrected chi connectivity index (χ2v) is 8.46. The van der Waals surface area contributed by atoms with Crippen LogP contribution in [0, 0.1) is 17.3 Å². The molecule has 2 aromatic rings. The fourth-order valence-electron chi connectivity index (χ4n) is 5.85. The summed E-state index contributed by atoms with van der Waals surface area (Å²) in [5.41, 5.74) is 2.99. The van der Waals surface area contributed by atoms with Crippen molar-refractivity contribution in [2.45, 2.75) is 57.5 Å². The van der Waals surface area contributed by atoms with Crippen LogP contribution in [-0.4, -0.2) is 21.3 Å². The first-order chi connectivity index (χ1) is 12.6. The number of hydrogen-bond acceptors (Lipinski definition) is 3. The average Bonchev–Trinajstić information content (AvgIpc) is 2.98. The Morgan fingerprint density at radius 3 is 2.54 bits per heavy atom. The van der Waals surface area contributed by atoms with Crippen LogP contribution in [0.4, 0.5) is 0 Å². The standard InChI is InChI=1S/C18H24O2.C5H5N/c1-18-9-8-14-13-5-3-12(19)10-11(13)2-4-15(14)16(18)6-7-17(18)20;1-2-4-6-5-3-1/h3,5,10,14-17,19-20H,2,4,6-9H2,1H3;1-5H/t14-,15-,16+,17?,18+;/m1./s1. The Balaban J connectivity index is 0.000000240. The molecule has 0 bridgehead atoms. The second kappa shape index (κ2) is 7.03. The lowest BCUT2D eigenvalue weighted by molar-refractivity contribution is -0.0226. The first-order valence-corrected chi connectivity index (χ1v) is 9.94. The molecule has 3 heteroatoms. The number of aromatic nitrogens is 1. The molecule has 5 rings (SSSR count). The summed E-state index contributed by atoms with van der Waals surface area (Å²) in [5, 5.41) is 20.0. The van der Waals surface area contributed by atoms with Crippen LogP contribution in [-0.2, 0) is 6.42 Å². The third kappa shape index (κ3) is 3.03. The van der Waals surface area contributed by atoms with Gasteiger partial charge in [-0.3, -0.25) is 4.98 Å². The molecule has 2 fully saturated rings. The summed E-state index contributed by atoms with van der Waals surface area (Å²) in [4.78, 5) is 3.78. The molecule has 3 aliphatic carbocycles. The summed E-state index contributed by atoms with van der Waals surface area (Å²) in [5.74, 6) is 2.49. The van der Waals surface area contributed by atoms with Gasteiger partial charge in [-0.25, -0.2) is 0 Å². The van der Waals surface area contributed by atoms with Gasteiger partial charge in [0.15, 0.2) is 0 Å². The first-order valence-electron chi connectivity index (χ1n) is 9.94. The molecule has 0 aliphatic heterocycles. The third-order valence-electron chi connectivity index (χ3n) is 7.23. The number of aliphatic hydroxyl groups excluding tert-OH is 1. The third-order valence-corrected chi connectivity index (χ3v) is 7.23. The molecule has 0 amide bonds. The van der Waals surface area contributed by atoms with Crippen LogP contribution in [0.25, 0.3) is 0 Å². The van der Waals surface area contributed by atoms with Gasteiger partial charge in [0.1, 0.15) is 5.75 Å². The van der Waals surface area contributed by atoms with E-state index in [4.69, 9.17) is 0 Å². The summed E-state index contributed by atoms with van der Waals surface area (Å²) in [6, 6.07) is 11.7. The molecule has 1 heterocycles. The quantitative estimate of drug-likeness (QED) is 0.724. The summed E-state index contributed by atoms with van der Waals surface area (Å²) in [6.07, 6.45) is 10.3. The zero-order chi connectivity index (χ0) is 18.1. The predicted octanol–water partition coefficient (Wildman–Crippen LogP) is 4.69. The van der Waals surface area contributed by atoms with E-state index in [1.54, 1.807) is 12.4 Å². The molecule has 2 saturated carbocycles. The highest BCUT2D eigenvalue weighted by Crippen LogP contribution is 2.60. The van der Waals surface area contributed by atoms with E-state index >= 15 is 0 Å². The van der Waals surface area contributed by atoms with Gasteiger partial charge in [0.25, 0.3) is 0 Å². The Labute approximate surface area is 156 Å². The van der Waals surface area contributed by atoms with Crippen molar-refractivity contribution in [2.75, 3.05) is 0 Å². The van der Waals surface area contributed by atoms with Crippen LogP contribution in [0.5, 0.6) is 5.75 Å². The average molecular weight is 351 g/mol. The lowest BCUT2D eigenvalue weighted by atomic mass is 9.55. The minimum atomic E-state index is -0.0883. The minimum Gasteiger partial charge on any atom is -0.508 e. The summed E-state index contributed by atoms with van der Waals surface area (Å²) >= 11 is 0. The number of rotatable bonds is 0. The number of nitrogens with zero attached hydrogens (tertiary/aromatic N) is 1. The second-order valence-electron chi connectivity index (χ2n) is 8.46. The van der Waals surface area contributed by atoms with Crippen molar-refractivity contribution >= 4 is 0 Å². The van der Waals surface area contributed by atoms with Crippen molar-refractivity contribution in [1.82, 2.24) is 4.98 Å². The Kier molecular flexibility index (Phi) is 4.74. The summed E-state index contributed by atoms with van der Waals surface area (Å²) < 4.78 is 0. The SMILES string of the molecule is C[C@]12CC[C@@H]3c4ccc(O)cc4CC[C@H]3[C@@H]1CCC2O.c1ccncc1. The van der Waals surface area contributed by atoms with E-state index in [-0.39, 0.29) is 11.5 Å². The van der Waals surface area contributed by atoms with Crippen molar-refractivity contribution in [1.29, 1.82) is 0 Å². The van der Waals surface area contributed by atoms with Gasteiger partial charge >= 0.3 is 0 Å². The van der Waals surface area contributed by atoms with Crippen LogP contribution in [0.2, 0.25) is 0 Å². The molecule has 138 valence electrons. The van der Waals surface area contributed by atoms with E-state index in [1.807, 2.05) is 30.3 Å². The molecule has 1 aromatic heterocycles. The minimum absolute atomic E-state index is 0.0883. The topological polar surface area (TPSA) is 53.4 Å². The van der Waals surface area contributed by atoms with Crippen LogP contribution in [0.1, 0.15) is 56.1 Å². The molecule has 2 N–H and O–H groups in total. The van der Waals surface area contributed by atoms with Crippen molar-refractivity contribution in [2.24, 2.45) is 17.3 Å². The highest BCUT2D eigenvalue weighted by Gasteiger charge is 2.54. The van der Waals surface area contributed by atoms with Crippen molar-refractivity contribution in [3.8, 4) is 5.75 Å². The molecule has 0 radical (unpaired) electrons. The van der Waals surface area contributed by atoms with E-state index in [0.29, 0.717) is 17.6 Å². The van der Waals surface area contributed by atoms with Gasteiger partial charge in [0, 0.05) is 12.4 Å². The van der Waals surface area contributed by atoms with Crippen LogP contribution < -0.4 is 0 Å². The molecule has 0 spiro atoms. The normalized spacial score (nSPS) is 34.7. The van der Waals surface area contributed by atoms with E-state index in [2.05, 4.69) is 18.0 Å². The van der Waals surface area contributed by atoms with Crippen LogP contribution in [0.3, 0.4) is 0 Å². The highest BCUT2D eigenvalue weighted by atomic mass is 16.3. The maximum Gasteiger partial charge on any atom is 0.115 e. The number of phenolic OH excluding ortho intramolecular Hbond substituents is 1. The molecule has 3 nitrogen and oxygen atoms in total. The Bertz CT molecular complexity index is 720. The van der Waals surface area contributed by atoms with Gasteiger partial charge in [-0.05, 0) is 97.1 Å². The maximum absolute atomic E-state index is 10.4. The molecule has 3 aliphatic rings. The van der Waals surface area contributed by atoms with Crippen molar-refractivity contribution in [3.63, 3.8) is 0 Å². The number of aryl methyl sites for hydroxylation is 1. The molecule has 0 saturated heterocycles. The lowest BCUT2D eigenvalue weighted by Gasteiger charge is -2.50. The van der Waals surface area contributed by atoms with Gasteiger partial charge in [-0.2, -0.15) is 0 Å². The number of phenols is 1. The van der Waals surface area contributed by atoms with Gasteiger partial charge in [0.05, 0.1) is 6.10 Å². The fourth-order valence-corrected chi connectivity index (χ4v) is 5.85. The number of fused-ring (bicyclic) bond motifs is 5.